The summed E-state index contributed by atoms with van der Waals surface area (Å²) in [7, 11) is 1.30. The first kappa shape index (κ1) is 28.0. The van der Waals surface area contributed by atoms with Gasteiger partial charge in [0.15, 0.2) is 5.16 Å². The topological polar surface area (TPSA) is 90.3 Å². The van der Waals surface area contributed by atoms with E-state index in [4.69, 9.17) is 9.72 Å². The second-order valence-corrected chi connectivity index (χ2v) is 12.6. The lowest BCUT2D eigenvalue weighted by Gasteiger charge is -2.11. The van der Waals surface area contributed by atoms with Crippen LogP contribution in [0.15, 0.2) is 92.4 Å². The predicted molar refractivity (Wildman–Crippen MR) is 168 cm³/mol. The molecule has 3 aromatic heterocycles. The van der Waals surface area contributed by atoms with Crippen LogP contribution in [0.5, 0.6) is 0 Å². The van der Waals surface area contributed by atoms with Gasteiger partial charge in [0.25, 0.3) is 5.56 Å². The van der Waals surface area contributed by atoms with Crippen molar-refractivity contribution < 1.29 is 14.3 Å². The summed E-state index contributed by atoms with van der Waals surface area (Å²) in [6.45, 7) is 4.04. The summed E-state index contributed by atoms with van der Waals surface area (Å²) < 4.78 is 7.25. The standard InChI is InChI=1S/C29H22BrN3O4S3/c1-3-14-33-27(35)22-19(17-10-6-4-7-11-17)15-38-25(22)32-29(33)39-16-20(34)31-26-23(28(36)37-2)21(24(30)40-26)18-12-8-5-9-13-18/h3-13,15H,1,14,16H2,2H3,(H,31,34). The summed E-state index contributed by atoms with van der Waals surface area (Å²) in [4.78, 5) is 44.7. The average Bonchev–Trinajstić information content (AvgIpc) is 3.54. The highest BCUT2D eigenvalue weighted by molar-refractivity contribution is 9.11. The van der Waals surface area contributed by atoms with E-state index in [1.807, 2.05) is 66.0 Å². The molecule has 0 saturated heterocycles. The highest BCUT2D eigenvalue weighted by atomic mass is 79.9. The molecule has 5 rings (SSSR count). The first-order valence-corrected chi connectivity index (χ1v) is 15.5. The van der Waals surface area contributed by atoms with Gasteiger partial charge in [-0.15, -0.1) is 29.3 Å². The summed E-state index contributed by atoms with van der Waals surface area (Å²) in [5.41, 5.74) is 3.33. The molecule has 0 unspecified atom stereocenters. The zero-order chi connectivity index (χ0) is 28.2. The van der Waals surface area contributed by atoms with Crippen molar-refractivity contribution >= 4 is 77.5 Å². The number of nitrogens with zero attached hydrogens (tertiary/aromatic N) is 2. The molecule has 0 bridgehead atoms. The van der Waals surface area contributed by atoms with Crippen molar-refractivity contribution in [3.63, 3.8) is 0 Å². The number of carbonyl (C=O) groups is 2. The van der Waals surface area contributed by atoms with Gasteiger partial charge in [-0.1, -0.05) is 78.5 Å². The third kappa shape index (κ3) is 5.55. The minimum Gasteiger partial charge on any atom is -0.465 e. The number of methoxy groups -OCH3 is 1. The van der Waals surface area contributed by atoms with E-state index in [0.717, 1.165) is 28.5 Å². The summed E-state index contributed by atoms with van der Waals surface area (Å²) in [6.07, 6.45) is 1.63. The Bertz CT molecular complexity index is 1780. The molecule has 1 amide bonds. The first-order valence-electron chi connectivity index (χ1n) is 12.0. The Balaban J connectivity index is 1.43. The van der Waals surface area contributed by atoms with Gasteiger partial charge in [0.1, 0.15) is 15.4 Å². The maximum absolute atomic E-state index is 13.6. The second kappa shape index (κ2) is 12.3. The van der Waals surface area contributed by atoms with Crippen LogP contribution in [0.25, 0.3) is 32.5 Å². The molecule has 7 nitrogen and oxygen atoms in total. The number of rotatable bonds is 9. The largest absolute Gasteiger partial charge is 0.465 e. The van der Waals surface area contributed by atoms with E-state index in [0.29, 0.717) is 29.7 Å². The number of ether oxygens (including phenoxy) is 1. The van der Waals surface area contributed by atoms with Crippen LogP contribution >= 0.6 is 50.4 Å². The number of thioether (sulfide) groups is 1. The second-order valence-electron chi connectivity index (χ2n) is 8.44. The minimum atomic E-state index is -0.553. The van der Waals surface area contributed by atoms with Gasteiger partial charge in [-0.05, 0) is 27.1 Å². The molecule has 3 heterocycles. The lowest BCUT2D eigenvalue weighted by atomic mass is 10.0. The summed E-state index contributed by atoms with van der Waals surface area (Å²) >= 11 is 7.32. The Morgan fingerprint density at radius 3 is 2.45 bits per heavy atom. The molecular formula is C29H22BrN3O4S3. The molecule has 2 aromatic carbocycles. The van der Waals surface area contributed by atoms with E-state index >= 15 is 0 Å². The number of halogens is 1. The van der Waals surface area contributed by atoms with Crippen LogP contribution in [0.3, 0.4) is 0 Å². The molecule has 0 spiro atoms. The summed E-state index contributed by atoms with van der Waals surface area (Å²) in [5, 5.41) is 6.12. The number of allylic oxidation sites excluding steroid dienone is 1. The highest BCUT2D eigenvalue weighted by Gasteiger charge is 2.26. The van der Waals surface area contributed by atoms with Crippen molar-refractivity contribution in [2.75, 3.05) is 18.2 Å². The van der Waals surface area contributed by atoms with Crippen molar-refractivity contribution in [1.82, 2.24) is 9.55 Å². The van der Waals surface area contributed by atoms with E-state index < -0.39 is 5.97 Å². The third-order valence-electron chi connectivity index (χ3n) is 5.96. The van der Waals surface area contributed by atoms with Crippen LogP contribution in [0, 0.1) is 0 Å². The van der Waals surface area contributed by atoms with Crippen LogP contribution in [0.2, 0.25) is 0 Å². The number of amides is 1. The molecule has 0 aliphatic heterocycles. The first-order chi connectivity index (χ1) is 19.4. The van der Waals surface area contributed by atoms with Crippen molar-refractivity contribution in [1.29, 1.82) is 0 Å². The van der Waals surface area contributed by atoms with Gasteiger partial charge >= 0.3 is 5.97 Å². The molecule has 0 aliphatic rings. The Morgan fingerprint density at radius 1 is 1.12 bits per heavy atom. The number of hydrogen-bond donors (Lipinski definition) is 1. The van der Waals surface area contributed by atoms with E-state index in [1.54, 1.807) is 6.08 Å². The lowest BCUT2D eigenvalue weighted by molar-refractivity contribution is -0.113. The number of benzene rings is 2. The average molecular weight is 653 g/mol. The smallest absolute Gasteiger partial charge is 0.341 e. The van der Waals surface area contributed by atoms with Gasteiger partial charge < -0.3 is 10.1 Å². The molecule has 0 radical (unpaired) electrons. The Kier molecular flexibility index (Phi) is 8.65. The van der Waals surface area contributed by atoms with Gasteiger partial charge in [-0.2, -0.15) is 0 Å². The molecule has 5 aromatic rings. The fourth-order valence-corrected chi connectivity index (χ4v) is 7.84. The Labute approximate surface area is 250 Å². The monoisotopic (exact) mass is 651 g/mol. The maximum Gasteiger partial charge on any atom is 0.341 e. The van der Waals surface area contributed by atoms with Crippen molar-refractivity contribution in [3.8, 4) is 22.3 Å². The maximum atomic E-state index is 13.6. The van der Waals surface area contributed by atoms with Gasteiger partial charge in [0.05, 0.1) is 22.0 Å². The van der Waals surface area contributed by atoms with Crippen LogP contribution in [0.4, 0.5) is 5.00 Å². The molecule has 202 valence electrons. The number of esters is 1. The van der Waals surface area contributed by atoms with Crippen molar-refractivity contribution in [2.24, 2.45) is 0 Å². The Morgan fingerprint density at radius 2 is 1.80 bits per heavy atom. The predicted octanol–water partition coefficient (Wildman–Crippen LogP) is 7.32. The van der Waals surface area contributed by atoms with Gasteiger partial charge in [-0.3, -0.25) is 14.2 Å². The highest BCUT2D eigenvalue weighted by Crippen LogP contribution is 2.44. The molecule has 40 heavy (non-hydrogen) atoms. The minimum absolute atomic E-state index is 0.0250. The van der Waals surface area contributed by atoms with E-state index in [9.17, 15) is 14.4 Å². The third-order valence-corrected chi connectivity index (χ3v) is 9.58. The van der Waals surface area contributed by atoms with Crippen LogP contribution in [0.1, 0.15) is 10.4 Å². The van der Waals surface area contributed by atoms with E-state index in [-0.39, 0.29) is 29.3 Å². The number of thiophene rings is 2. The summed E-state index contributed by atoms with van der Waals surface area (Å²) in [5.74, 6) is -0.926. The lowest BCUT2D eigenvalue weighted by Crippen LogP contribution is -2.23. The number of fused-ring (bicyclic) bond motifs is 1. The molecule has 11 heteroatoms. The molecule has 0 fully saturated rings. The number of anilines is 1. The number of aromatic nitrogens is 2. The fraction of sp³-hybridized carbons (Fsp3) is 0.103. The molecular weight excluding hydrogens is 630 g/mol. The SMILES string of the molecule is C=CCn1c(SCC(=O)Nc2sc(Br)c(-c3ccccc3)c2C(=O)OC)nc2scc(-c3ccccc3)c2c1=O. The normalized spacial score (nSPS) is 10.9. The van der Waals surface area contributed by atoms with Crippen LogP contribution in [-0.2, 0) is 16.1 Å². The number of nitrogens with one attached hydrogen (secondary N) is 1. The zero-order valence-corrected chi connectivity index (χ0v) is 25.2. The summed E-state index contributed by atoms with van der Waals surface area (Å²) in [6, 6.07) is 19.1. The van der Waals surface area contributed by atoms with Crippen LogP contribution in [-0.4, -0.2) is 34.3 Å². The molecule has 1 N–H and O–H groups in total. The fourth-order valence-electron chi connectivity index (χ4n) is 4.18. The van der Waals surface area contributed by atoms with Gasteiger partial charge in [0.2, 0.25) is 5.91 Å². The Hall–Kier alpha value is -3.51. The van der Waals surface area contributed by atoms with E-state index in [2.05, 4.69) is 27.8 Å². The van der Waals surface area contributed by atoms with Crippen LogP contribution < -0.4 is 10.9 Å². The zero-order valence-electron chi connectivity index (χ0n) is 21.2. The number of hydrogen-bond acceptors (Lipinski definition) is 8. The van der Waals surface area contributed by atoms with Gasteiger partial charge in [-0.25, -0.2) is 9.78 Å². The van der Waals surface area contributed by atoms with E-state index in [1.165, 1.54) is 34.4 Å². The van der Waals surface area contributed by atoms with Crippen molar-refractivity contribution in [2.45, 2.75) is 11.7 Å². The number of carbonyl (C=O) groups excluding carboxylic acids is 2. The molecule has 0 atom stereocenters. The van der Waals surface area contributed by atoms with Gasteiger partial charge in [0, 0.05) is 23.1 Å². The molecule has 0 saturated carbocycles. The molecule has 0 aliphatic carbocycles. The quantitative estimate of drug-likeness (QED) is 0.0777. The van der Waals surface area contributed by atoms with Crippen molar-refractivity contribution in [3.05, 3.63) is 98.4 Å².